The third kappa shape index (κ3) is 2.15. The van der Waals surface area contributed by atoms with Crippen molar-refractivity contribution >= 4 is 26.3 Å². The molecule has 0 bridgehead atoms. The van der Waals surface area contributed by atoms with Gasteiger partial charge in [0.25, 0.3) is 0 Å². The van der Waals surface area contributed by atoms with E-state index in [1.165, 1.54) is 11.3 Å². The Balaban J connectivity index is 2.23. The van der Waals surface area contributed by atoms with Gasteiger partial charge < -0.3 is 5.73 Å². The molecule has 1 aromatic heterocycles. The van der Waals surface area contributed by atoms with Crippen molar-refractivity contribution in [3.63, 3.8) is 0 Å². The predicted octanol–water partition coefficient (Wildman–Crippen LogP) is 1.19. The molecule has 15 heavy (non-hydrogen) atoms. The summed E-state index contributed by atoms with van der Waals surface area (Å²) in [7, 11) is -2.80. The molecular formula is C9H14N2O2S2. The normalized spacial score (nSPS) is 23.8. The number of thiazole rings is 1. The van der Waals surface area contributed by atoms with Gasteiger partial charge in [-0.05, 0) is 12.8 Å². The summed E-state index contributed by atoms with van der Waals surface area (Å²) in [6.07, 6.45) is 3.13. The van der Waals surface area contributed by atoms with Gasteiger partial charge in [-0.25, -0.2) is 13.4 Å². The summed E-state index contributed by atoms with van der Waals surface area (Å²) >= 11 is 1.47. The molecule has 1 aliphatic rings. The fourth-order valence-electron chi connectivity index (χ4n) is 1.80. The van der Waals surface area contributed by atoms with Gasteiger partial charge in [0.15, 0.2) is 5.13 Å². The molecule has 2 N–H and O–H groups in total. The van der Waals surface area contributed by atoms with E-state index in [0.29, 0.717) is 18.0 Å². The zero-order chi connectivity index (χ0) is 11.1. The summed E-state index contributed by atoms with van der Waals surface area (Å²) in [5.74, 6) is 0.558. The first-order chi connectivity index (χ1) is 6.91. The molecular weight excluding hydrogens is 232 g/mol. The Bertz CT molecular complexity index is 450. The number of hydrogen-bond acceptors (Lipinski definition) is 5. The van der Waals surface area contributed by atoms with Crippen molar-refractivity contribution in [1.29, 1.82) is 0 Å². The van der Waals surface area contributed by atoms with E-state index in [-0.39, 0.29) is 16.9 Å². The van der Waals surface area contributed by atoms with Crippen molar-refractivity contribution < 1.29 is 8.42 Å². The molecule has 2 rings (SSSR count). The second kappa shape index (κ2) is 3.45. The SMILES string of the molecule is CC1(c2cnc(N)s2)CCS(=O)(=O)CC1. The van der Waals surface area contributed by atoms with Crippen LogP contribution in [0, 0.1) is 0 Å². The molecule has 0 aromatic carbocycles. The minimum absolute atomic E-state index is 0.0550. The summed E-state index contributed by atoms with van der Waals surface area (Å²) < 4.78 is 22.7. The molecule has 0 amide bonds. The fourth-order valence-corrected chi connectivity index (χ4v) is 4.42. The Morgan fingerprint density at radius 3 is 2.53 bits per heavy atom. The molecule has 1 saturated heterocycles. The summed E-state index contributed by atoms with van der Waals surface area (Å²) in [6, 6.07) is 0. The van der Waals surface area contributed by atoms with E-state index in [4.69, 9.17) is 5.73 Å². The van der Waals surface area contributed by atoms with Crippen LogP contribution in [0.1, 0.15) is 24.6 Å². The predicted molar refractivity (Wildman–Crippen MR) is 61.8 cm³/mol. The maximum absolute atomic E-state index is 11.3. The Morgan fingerprint density at radius 2 is 2.07 bits per heavy atom. The first-order valence-electron chi connectivity index (χ1n) is 4.84. The van der Waals surface area contributed by atoms with E-state index in [9.17, 15) is 8.42 Å². The highest BCUT2D eigenvalue weighted by Crippen LogP contribution is 2.39. The molecule has 0 radical (unpaired) electrons. The molecule has 0 aliphatic carbocycles. The van der Waals surface area contributed by atoms with Gasteiger partial charge in [-0.3, -0.25) is 0 Å². The van der Waals surface area contributed by atoms with Crippen molar-refractivity contribution in [2.75, 3.05) is 17.2 Å². The molecule has 1 aliphatic heterocycles. The highest BCUT2D eigenvalue weighted by molar-refractivity contribution is 7.91. The molecule has 0 atom stereocenters. The van der Waals surface area contributed by atoms with Crippen LogP contribution in [0.15, 0.2) is 6.20 Å². The van der Waals surface area contributed by atoms with Crippen molar-refractivity contribution in [2.24, 2.45) is 0 Å². The van der Waals surface area contributed by atoms with Crippen LogP contribution in [-0.2, 0) is 15.3 Å². The van der Waals surface area contributed by atoms with Crippen LogP contribution in [0.2, 0.25) is 0 Å². The molecule has 6 heteroatoms. The molecule has 1 fully saturated rings. The summed E-state index contributed by atoms with van der Waals surface area (Å²) in [4.78, 5) is 5.13. The monoisotopic (exact) mass is 246 g/mol. The number of anilines is 1. The average Bonchev–Trinajstić information content (AvgIpc) is 2.59. The first-order valence-corrected chi connectivity index (χ1v) is 7.47. The minimum atomic E-state index is -2.80. The molecule has 0 spiro atoms. The molecule has 2 heterocycles. The molecule has 0 unspecified atom stereocenters. The van der Waals surface area contributed by atoms with Crippen molar-refractivity contribution in [3.05, 3.63) is 11.1 Å². The van der Waals surface area contributed by atoms with Gasteiger partial charge in [-0.15, -0.1) is 11.3 Å². The standard InChI is InChI=1S/C9H14N2O2S2/c1-9(7-6-11-8(10)14-7)2-4-15(12,13)5-3-9/h6H,2-5H2,1H3,(H2,10,11). The van der Waals surface area contributed by atoms with Crippen LogP contribution < -0.4 is 5.73 Å². The van der Waals surface area contributed by atoms with E-state index < -0.39 is 9.84 Å². The maximum atomic E-state index is 11.3. The van der Waals surface area contributed by atoms with Crippen LogP contribution in [0.5, 0.6) is 0 Å². The Hall–Kier alpha value is -0.620. The molecule has 1 aromatic rings. The number of rotatable bonds is 1. The number of nitrogens with two attached hydrogens (primary N) is 1. The highest BCUT2D eigenvalue weighted by atomic mass is 32.2. The molecule has 4 nitrogen and oxygen atoms in total. The van der Waals surface area contributed by atoms with Crippen LogP contribution in [0.25, 0.3) is 0 Å². The van der Waals surface area contributed by atoms with Crippen LogP contribution >= 0.6 is 11.3 Å². The third-order valence-electron chi connectivity index (χ3n) is 3.05. The number of sulfone groups is 1. The van der Waals surface area contributed by atoms with E-state index in [0.717, 1.165) is 4.88 Å². The summed E-state index contributed by atoms with van der Waals surface area (Å²) in [5.41, 5.74) is 5.53. The lowest BCUT2D eigenvalue weighted by atomic mass is 9.83. The van der Waals surface area contributed by atoms with Gasteiger partial charge >= 0.3 is 0 Å². The third-order valence-corrected chi connectivity index (χ3v) is 5.83. The Morgan fingerprint density at radius 1 is 1.47 bits per heavy atom. The molecule has 84 valence electrons. The minimum Gasteiger partial charge on any atom is -0.375 e. The van der Waals surface area contributed by atoms with E-state index in [2.05, 4.69) is 11.9 Å². The van der Waals surface area contributed by atoms with Crippen molar-refractivity contribution in [2.45, 2.75) is 25.2 Å². The van der Waals surface area contributed by atoms with Crippen LogP contribution in [0.3, 0.4) is 0 Å². The van der Waals surface area contributed by atoms with Crippen LogP contribution in [-0.4, -0.2) is 24.9 Å². The quantitative estimate of drug-likeness (QED) is 0.808. The van der Waals surface area contributed by atoms with Crippen molar-refractivity contribution in [1.82, 2.24) is 4.98 Å². The summed E-state index contributed by atoms with van der Waals surface area (Å²) in [5, 5.41) is 0.555. The largest absolute Gasteiger partial charge is 0.375 e. The topological polar surface area (TPSA) is 73.0 Å². The van der Waals surface area contributed by atoms with E-state index in [1.54, 1.807) is 6.20 Å². The lowest BCUT2D eigenvalue weighted by Crippen LogP contribution is -2.33. The molecule has 0 saturated carbocycles. The smallest absolute Gasteiger partial charge is 0.180 e. The first kappa shape index (κ1) is 10.9. The number of hydrogen-bond donors (Lipinski definition) is 1. The Kier molecular flexibility index (Phi) is 2.50. The van der Waals surface area contributed by atoms with Gasteiger partial charge in [0, 0.05) is 16.5 Å². The fraction of sp³-hybridized carbons (Fsp3) is 0.667. The van der Waals surface area contributed by atoms with E-state index >= 15 is 0 Å². The average molecular weight is 246 g/mol. The van der Waals surface area contributed by atoms with Crippen LogP contribution in [0.4, 0.5) is 5.13 Å². The second-order valence-electron chi connectivity index (χ2n) is 4.28. The van der Waals surface area contributed by atoms with Gasteiger partial charge in [0.1, 0.15) is 9.84 Å². The van der Waals surface area contributed by atoms with Gasteiger partial charge in [0.2, 0.25) is 0 Å². The van der Waals surface area contributed by atoms with Gasteiger partial charge in [-0.2, -0.15) is 0 Å². The van der Waals surface area contributed by atoms with E-state index in [1.807, 2.05) is 0 Å². The lowest BCUT2D eigenvalue weighted by molar-refractivity contribution is 0.426. The lowest BCUT2D eigenvalue weighted by Gasteiger charge is -2.31. The number of aromatic nitrogens is 1. The zero-order valence-corrected chi connectivity index (χ0v) is 10.2. The highest BCUT2D eigenvalue weighted by Gasteiger charge is 2.35. The van der Waals surface area contributed by atoms with Crippen molar-refractivity contribution in [3.8, 4) is 0 Å². The second-order valence-corrected chi connectivity index (χ2v) is 7.64. The maximum Gasteiger partial charge on any atom is 0.180 e. The van der Waals surface area contributed by atoms with Gasteiger partial charge in [0.05, 0.1) is 11.5 Å². The summed E-state index contributed by atoms with van der Waals surface area (Å²) in [6.45, 7) is 2.09. The number of nitrogens with zero attached hydrogens (tertiary/aromatic N) is 1. The zero-order valence-electron chi connectivity index (χ0n) is 8.56. The van der Waals surface area contributed by atoms with Gasteiger partial charge in [-0.1, -0.05) is 6.92 Å². The number of nitrogen functional groups attached to an aromatic ring is 1. The Labute approximate surface area is 93.4 Å².